The fraction of sp³-hybridized carbons (Fsp3) is 0.833. The molecule has 0 spiro atoms. The van der Waals surface area contributed by atoms with Crippen molar-refractivity contribution in [1.82, 2.24) is 9.80 Å². The normalized spacial score (nSPS) is 35.5. The van der Waals surface area contributed by atoms with Crippen molar-refractivity contribution in [1.29, 1.82) is 0 Å². The molecular weight excluding hydrogens is 252 g/mol. The molecule has 7 nitrogen and oxygen atoms in total. The summed E-state index contributed by atoms with van der Waals surface area (Å²) < 4.78 is 5.55. The third-order valence-electron chi connectivity index (χ3n) is 3.50. The number of rotatable bonds is 1. The van der Waals surface area contributed by atoms with Crippen molar-refractivity contribution in [2.24, 2.45) is 0 Å². The van der Waals surface area contributed by atoms with Gasteiger partial charge in [0.1, 0.15) is 6.04 Å². The zero-order valence-electron chi connectivity index (χ0n) is 11.2. The second-order valence-electron chi connectivity index (χ2n) is 5.34. The van der Waals surface area contributed by atoms with E-state index in [-0.39, 0.29) is 31.2 Å². The summed E-state index contributed by atoms with van der Waals surface area (Å²) in [5, 5.41) is 18.7. The highest BCUT2D eigenvalue weighted by molar-refractivity contribution is 5.83. The first-order valence-corrected chi connectivity index (χ1v) is 6.50. The molecule has 7 heteroatoms. The highest BCUT2D eigenvalue weighted by atomic mass is 16.5. The molecule has 2 aliphatic heterocycles. The molecule has 19 heavy (non-hydrogen) atoms. The number of nitrogens with zero attached hydrogens (tertiary/aromatic N) is 2. The molecule has 0 aromatic rings. The third-order valence-corrected chi connectivity index (χ3v) is 3.50. The minimum Gasteiger partial charge on any atom is -0.480 e. The second-order valence-corrected chi connectivity index (χ2v) is 5.34. The third kappa shape index (κ3) is 2.98. The first-order valence-electron chi connectivity index (χ1n) is 6.50. The summed E-state index contributed by atoms with van der Waals surface area (Å²) in [5.74, 6) is -1.07. The number of β-amino-alcohol motifs (C(OH)–C–C–N with tert-alkyl or cyclic N) is 1. The zero-order chi connectivity index (χ0) is 14.2. The maximum Gasteiger partial charge on any atom is 0.326 e. The van der Waals surface area contributed by atoms with Crippen LogP contribution in [0.5, 0.6) is 0 Å². The number of aliphatic hydroxyl groups is 1. The molecular formula is C12H20N2O5. The van der Waals surface area contributed by atoms with Gasteiger partial charge < -0.3 is 24.7 Å². The van der Waals surface area contributed by atoms with Crippen LogP contribution in [0.1, 0.15) is 20.3 Å². The van der Waals surface area contributed by atoms with E-state index >= 15 is 0 Å². The lowest BCUT2D eigenvalue weighted by Crippen LogP contribution is -2.54. The summed E-state index contributed by atoms with van der Waals surface area (Å²) in [4.78, 5) is 26.4. The number of carbonyl (C=O) groups is 2. The van der Waals surface area contributed by atoms with Gasteiger partial charge in [0.15, 0.2) is 0 Å². The van der Waals surface area contributed by atoms with Crippen molar-refractivity contribution in [3.63, 3.8) is 0 Å². The molecule has 0 radical (unpaired) electrons. The van der Waals surface area contributed by atoms with E-state index < -0.39 is 18.1 Å². The first-order chi connectivity index (χ1) is 8.88. The fourth-order valence-electron chi connectivity index (χ4n) is 2.78. The van der Waals surface area contributed by atoms with Gasteiger partial charge in [-0.3, -0.25) is 0 Å². The van der Waals surface area contributed by atoms with Crippen molar-refractivity contribution in [3.8, 4) is 0 Å². The van der Waals surface area contributed by atoms with Crippen molar-refractivity contribution < 1.29 is 24.5 Å². The Bertz CT molecular complexity index is 365. The van der Waals surface area contributed by atoms with Crippen LogP contribution >= 0.6 is 0 Å². The SMILES string of the molecule is CC1CN(C(=O)N2C[C@H](O)C[C@@H]2C(=O)O)CC(C)O1. The molecule has 2 amide bonds. The summed E-state index contributed by atoms with van der Waals surface area (Å²) >= 11 is 0. The summed E-state index contributed by atoms with van der Waals surface area (Å²) in [6.07, 6.45) is -0.802. The van der Waals surface area contributed by atoms with Crippen LogP contribution in [-0.4, -0.2) is 76.0 Å². The Morgan fingerprint density at radius 1 is 1.16 bits per heavy atom. The van der Waals surface area contributed by atoms with Crippen LogP contribution in [0.4, 0.5) is 4.79 Å². The Morgan fingerprint density at radius 3 is 2.26 bits per heavy atom. The number of carboxylic acid groups (broad SMARTS) is 1. The smallest absolute Gasteiger partial charge is 0.326 e. The van der Waals surface area contributed by atoms with Crippen LogP contribution < -0.4 is 0 Å². The molecule has 2 unspecified atom stereocenters. The van der Waals surface area contributed by atoms with Crippen LogP contribution in [0, 0.1) is 0 Å². The van der Waals surface area contributed by atoms with Crippen LogP contribution in [0.15, 0.2) is 0 Å². The Hall–Kier alpha value is -1.34. The van der Waals surface area contributed by atoms with Crippen LogP contribution in [-0.2, 0) is 9.53 Å². The summed E-state index contributed by atoms with van der Waals surface area (Å²) in [6.45, 7) is 4.73. The average molecular weight is 272 g/mol. The van der Waals surface area contributed by atoms with Gasteiger partial charge in [-0.1, -0.05) is 0 Å². The molecule has 0 bridgehead atoms. The van der Waals surface area contributed by atoms with Crippen LogP contribution in [0.3, 0.4) is 0 Å². The molecule has 2 fully saturated rings. The van der Waals surface area contributed by atoms with Gasteiger partial charge >= 0.3 is 12.0 Å². The lowest BCUT2D eigenvalue weighted by atomic mass is 10.2. The van der Waals surface area contributed by atoms with E-state index in [2.05, 4.69) is 0 Å². The predicted molar refractivity (Wildman–Crippen MR) is 65.7 cm³/mol. The van der Waals surface area contributed by atoms with Crippen LogP contribution in [0.2, 0.25) is 0 Å². The van der Waals surface area contributed by atoms with Gasteiger partial charge in [0.25, 0.3) is 0 Å². The molecule has 0 aromatic heterocycles. The number of likely N-dealkylation sites (tertiary alicyclic amines) is 1. The lowest BCUT2D eigenvalue weighted by Gasteiger charge is -2.38. The van der Waals surface area contributed by atoms with E-state index in [1.807, 2.05) is 13.8 Å². The maximum absolute atomic E-state index is 12.4. The lowest BCUT2D eigenvalue weighted by molar-refractivity contribution is -0.141. The first kappa shape index (κ1) is 14.1. The van der Waals surface area contributed by atoms with Gasteiger partial charge in [-0.2, -0.15) is 0 Å². The molecule has 0 aliphatic carbocycles. The number of carbonyl (C=O) groups excluding carboxylic acids is 1. The number of morpholine rings is 1. The zero-order valence-corrected chi connectivity index (χ0v) is 11.2. The summed E-state index contributed by atoms with van der Waals surface area (Å²) in [7, 11) is 0. The topological polar surface area (TPSA) is 90.3 Å². The van der Waals surface area contributed by atoms with Crippen molar-refractivity contribution in [2.75, 3.05) is 19.6 Å². The van der Waals surface area contributed by atoms with Crippen molar-refractivity contribution >= 4 is 12.0 Å². The van der Waals surface area contributed by atoms with Crippen LogP contribution in [0.25, 0.3) is 0 Å². The van der Waals surface area contributed by atoms with Gasteiger partial charge in [0.2, 0.25) is 0 Å². The molecule has 2 aliphatic rings. The number of aliphatic carboxylic acids is 1. The maximum atomic E-state index is 12.4. The number of hydrogen-bond donors (Lipinski definition) is 2. The number of hydrogen-bond acceptors (Lipinski definition) is 4. The number of urea groups is 1. The molecule has 2 N–H and O–H groups in total. The van der Waals surface area contributed by atoms with Gasteiger partial charge in [0.05, 0.1) is 18.3 Å². The fourth-order valence-corrected chi connectivity index (χ4v) is 2.78. The van der Waals surface area contributed by atoms with E-state index in [9.17, 15) is 14.7 Å². The van der Waals surface area contributed by atoms with Crippen molar-refractivity contribution in [3.05, 3.63) is 0 Å². The highest BCUT2D eigenvalue weighted by Crippen LogP contribution is 2.22. The Labute approximate surface area is 111 Å². The molecule has 2 heterocycles. The van der Waals surface area contributed by atoms with E-state index in [0.29, 0.717) is 13.1 Å². The number of carboxylic acids is 1. The molecule has 0 saturated carbocycles. The number of aliphatic hydroxyl groups excluding tert-OH is 1. The van der Waals surface area contributed by atoms with Gasteiger partial charge in [-0.05, 0) is 13.8 Å². The Morgan fingerprint density at radius 2 is 1.74 bits per heavy atom. The summed E-state index contributed by atoms with van der Waals surface area (Å²) in [5.41, 5.74) is 0. The average Bonchev–Trinajstić information content (AvgIpc) is 2.69. The summed E-state index contributed by atoms with van der Waals surface area (Å²) in [6, 6.07) is -1.26. The Balaban J connectivity index is 2.07. The molecule has 0 aromatic carbocycles. The largest absolute Gasteiger partial charge is 0.480 e. The molecule has 2 saturated heterocycles. The molecule has 4 atom stereocenters. The van der Waals surface area contributed by atoms with Gasteiger partial charge in [0, 0.05) is 26.1 Å². The van der Waals surface area contributed by atoms with E-state index in [0.717, 1.165) is 0 Å². The highest BCUT2D eigenvalue weighted by Gasteiger charge is 2.41. The minimum atomic E-state index is -1.07. The molecule has 2 rings (SSSR count). The number of ether oxygens (including phenoxy) is 1. The van der Waals surface area contributed by atoms with Gasteiger partial charge in [-0.25, -0.2) is 9.59 Å². The number of amides is 2. The standard InChI is InChI=1S/C12H20N2O5/c1-7-4-13(5-8(2)19-7)12(18)14-6-9(15)3-10(14)11(16)17/h7-10,15H,3-6H2,1-2H3,(H,16,17)/t7?,8?,9-,10-/m1/s1. The van der Waals surface area contributed by atoms with E-state index in [1.54, 1.807) is 4.90 Å². The predicted octanol–water partition coefficient (Wildman–Crippen LogP) is -0.265. The minimum absolute atomic E-state index is 0.0662. The van der Waals surface area contributed by atoms with E-state index in [4.69, 9.17) is 9.84 Å². The molecule has 108 valence electrons. The monoisotopic (exact) mass is 272 g/mol. The quantitative estimate of drug-likeness (QED) is 0.686. The van der Waals surface area contributed by atoms with E-state index in [1.165, 1.54) is 4.90 Å². The second kappa shape index (κ2) is 5.34. The van der Waals surface area contributed by atoms with Gasteiger partial charge in [-0.15, -0.1) is 0 Å². The van der Waals surface area contributed by atoms with Crippen molar-refractivity contribution in [2.45, 2.75) is 44.6 Å². The Kier molecular flexibility index (Phi) is 3.96.